The van der Waals surface area contributed by atoms with E-state index in [9.17, 15) is 8.42 Å². The van der Waals surface area contributed by atoms with Gasteiger partial charge in [0.25, 0.3) is 0 Å². The second kappa shape index (κ2) is 4.42. The van der Waals surface area contributed by atoms with Gasteiger partial charge in [0.15, 0.2) is 0 Å². The van der Waals surface area contributed by atoms with Gasteiger partial charge in [0.05, 0.1) is 6.26 Å². The molecular formula is C6H14BrNO2S. The first-order valence-electron chi connectivity index (χ1n) is 3.42. The summed E-state index contributed by atoms with van der Waals surface area (Å²) in [5, 5.41) is 0. The molecule has 2 unspecified atom stereocenters. The third-order valence-corrected chi connectivity index (χ3v) is 2.30. The van der Waals surface area contributed by atoms with Crippen molar-refractivity contribution in [2.75, 3.05) is 6.26 Å². The Hall–Kier alpha value is 0.390. The van der Waals surface area contributed by atoms with Crippen molar-refractivity contribution in [3.05, 3.63) is 0 Å². The van der Waals surface area contributed by atoms with Crippen LogP contribution in [0.15, 0.2) is 0 Å². The largest absolute Gasteiger partial charge is 0.213 e. The summed E-state index contributed by atoms with van der Waals surface area (Å²) in [6.07, 6.45) is 1.97. The molecule has 0 aromatic rings. The molecule has 0 aliphatic carbocycles. The second-order valence-electron chi connectivity index (χ2n) is 2.81. The van der Waals surface area contributed by atoms with E-state index in [2.05, 4.69) is 20.7 Å². The maximum absolute atomic E-state index is 10.7. The summed E-state index contributed by atoms with van der Waals surface area (Å²) in [6, 6.07) is -0.000579. The zero-order valence-corrected chi connectivity index (χ0v) is 9.37. The topological polar surface area (TPSA) is 46.2 Å². The highest BCUT2D eigenvalue weighted by Crippen LogP contribution is 2.06. The van der Waals surface area contributed by atoms with E-state index in [-0.39, 0.29) is 6.04 Å². The summed E-state index contributed by atoms with van der Waals surface area (Å²) >= 11 is 3.35. The fourth-order valence-corrected chi connectivity index (χ4v) is 2.29. The lowest BCUT2D eigenvalue weighted by Crippen LogP contribution is -2.32. The Morgan fingerprint density at radius 2 is 1.91 bits per heavy atom. The number of nitrogens with one attached hydrogen (secondary N) is 1. The van der Waals surface area contributed by atoms with E-state index in [0.717, 1.165) is 6.42 Å². The number of hydrogen-bond acceptors (Lipinski definition) is 2. The van der Waals surface area contributed by atoms with Gasteiger partial charge in [-0.3, -0.25) is 0 Å². The van der Waals surface area contributed by atoms with Crippen molar-refractivity contribution in [2.45, 2.75) is 31.1 Å². The predicted molar refractivity (Wildman–Crippen MR) is 50.4 cm³/mol. The molecule has 0 bridgehead atoms. The Labute approximate surface area is 76.7 Å². The van der Waals surface area contributed by atoms with Crippen LogP contribution in [-0.4, -0.2) is 25.5 Å². The predicted octanol–water partition coefficient (Wildman–Crippen LogP) is 1.10. The van der Waals surface area contributed by atoms with E-state index in [1.54, 1.807) is 0 Å². The number of sulfonamides is 1. The quantitative estimate of drug-likeness (QED) is 0.752. The van der Waals surface area contributed by atoms with E-state index in [1.807, 2.05) is 13.8 Å². The minimum atomic E-state index is -3.04. The van der Waals surface area contributed by atoms with Crippen LogP contribution >= 0.6 is 15.9 Å². The molecule has 0 fully saturated rings. The summed E-state index contributed by atoms with van der Waals surface area (Å²) in [5.74, 6) is 0. The van der Waals surface area contributed by atoms with Crippen molar-refractivity contribution in [3.8, 4) is 0 Å². The smallest absolute Gasteiger partial charge is 0.208 e. The Kier molecular flexibility index (Phi) is 4.58. The molecule has 0 aliphatic heterocycles. The van der Waals surface area contributed by atoms with E-state index >= 15 is 0 Å². The van der Waals surface area contributed by atoms with Crippen LogP contribution in [0.3, 0.4) is 0 Å². The minimum Gasteiger partial charge on any atom is -0.213 e. The molecule has 0 heterocycles. The van der Waals surface area contributed by atoms with Gasteiger partial charge in [-0.25, -0.2) is 13.1 Å². The molecule has 11 heavy (non-hydrogen) atoms. The molecule has 0 amide bonds. The molecule has 0 saturated heterocycles. The van der Waals surface area contributed by atoms with Crippen LogP contribution < -0.4 is 4.72 Å². The standard InChI is InChI=1S/C6H14BrNO2S/c1-5(7)4-6(2)8-11(3,9)10/h5-6,8H,4H2,1-3H3. The summed E-state index contributed by atoms with van der Waals surface area (Å²) in [7, 11) is -3.04. The molecule has 0 aliphatic rings. The molecule has 1 N–H and O–H groups in total. The molecule has 3 nitrogen and oxygen atoms in total. The lowest BCUT2D eigenvalue weighted by atomic mass is 10.2. The molecule has 0 rings (SSSR count). The first-order chi connectivity index (χ1) is 4.81. The summed E-state index contributed by atoms with van der Waals surface area (Å²) < 4.78 is 23.9. The summed E-state index contributed by atoms with van der Waals surface area (Å²) in [5.41, 5.74) is 0. The fraction of sp³-hybridized carbons (Fsp3) is 1.00. The van der Waals surface area contributed by atoms with Crippen molar-refractivity contribution in [1.29, 1.82) is 0 Å². The minimum absolute atomic E-state index is 0.000579. The van der Waals surface area contributed by atoms with Crippen LogP contribution in [0.4, 0.5) is 0 Å². The third kappa shape index (κ3) is 8.29. The summed E-state index contributed by atoms with van der Waals surface area (Å²) in [4.78, 5) is 0.340. The van der Waals surface area contributed by atoms with Crippen LogP contribution in [0.5, 0.6) is 0 Å². The van der Waals surface area contributed by atoms with Crippen LogP contribution in [0.1, 0.15) is 20.3 Å². The second-order valence-corrected chi connectivity index (χ2v) is 6.15. The van der Waals surface area contributed by atoms with Gasteiger partial charge in [0.2, 0.25) is 10.0 Å². The van der Waals surface area contributed by atoms with Crippen molar-refractivity contribution in [1.82, 2.24) is 4.72 Å². The van der Waals surface area contributed by atoms with Crippen molar-refractivity contribution in [2.24, 2.45) is 0 Å². The Balaban J connectivity index is 3.80. The normalized spacial score (nSPS) is 17.8. The molecule has 0 saturated carbocycles. The molecule has 0 aromatic heterocycles. The number of alkyl halides is 1. The van der Waals surface area contributed by atoms with Crippen LogP contribution in [0, 0.1) is 0 Å². The first-order valence-corrected chi connectivity index (χ1v) is 6.23. The number of halogens is 1. The van der Waals surface area contributed by atoms with Gasteiger partial charge in [-0.1, -0.05) is 22.9 Å². The maximum atomic E-state index is 10.7. The Bertz CT molecular complexity index is 201. The zero-order valence-electron chi connectivity index (χ0n) is 6.96. The Morgan fingerprint density at radius 1 is 1.45 bits per heavy atom. The van der Waals surface area contributed by atoms with E-state index in [4.69, 9.17) is 0 Å². The fourth-order valence-electron chi connectivity index (χ4n) is 0.901. The number of rotatable bonds is 4. The van der Waals surface area contributed by atoms with Crippen molar-refractivity contribution >= 4 is 26.0 Å². The third-order valence-electron chi connectivity index (χ3n) is 1.09. The molecule has 5 heteroatoms. The highest BCUT2D eigenvalue weighted by molar-refractivity contribution is 9.09. The lowest BCUT2D eigenvalue weighted by molar-refractivity contribution is 0.553. The molecule has 0 spiro atoms. The maximum Gasteiger partial charge on any atom is 0.208 e. The van der Waals surface area contributed by atoms with Crippen molar-refractivity contribution in [3.63, 3.8) is 0 Å². The monoisotopic (exact) mass is 243 g/mol. The average Bonchev–Trinajstić information content (AvgIpc) is 1.53. The molecule has 0 aromatic carbocycles. The van der Waals surface area contributed by atoms with Gasteiger partial charge in [-0.2, -0.15) is 0 Å². The van der Waals surface area contributed by atoms with Gasteiger partial charge in [0, 0.05) is 10.9 Å². The first kappa shape index (κ1) is 11.4. The van der Waals surface area contributed by atoms with Crippen LogP contribution in [0.2, 0.25) is 0 Å². The summed E-state index contributed by atoms with van der Waals surface area (Å²) in [6.45, 7) is 3.83. The molecular weight excluding hydrogens is 230 g/mol. The lowest BCUT2D eigenvalue weighted by Gasteiger charge is -2.12. The van der Waals surface area contributed by atoms with E-state index < -0.39 is 10.0 Å². The number of hydrogen-bond donors (Lipinski definition) is 1. The van der Waals surface area contributed by atoms with E-state index in [0.29, 0.717) is 4.83 Å². The van der Waals surface area contributed by atoms with Crippen LogP contribution in [0.25, 0.3) is 0 Å². The molecule has 68 valence electrons. The van der Waals surface area contributed by atoms with Gasteiger partial charge >= 0.3 is 0 Å². The zero-order chi connectivity index (χ0) is 9.07. The Morgan fingerprint density at radius 3 is 2.18 bits per heavy atom. The average molecular weight is 244 g/mol. The van der Waals surface area contributed by atoms with Gasteiger partial charge in [-0.15, -0.1) is 0 Å². The van der Waals surface area contributed by atoms with E-state index in [1.165, 1.54) is 6.26 Å². The SMILES string of the molecule is CC(Br)CC(C)NS(C)(=O)=O. The highest BCUT2D eigenvalue weighted by Gasteiger charge is 2.09. The molecule has 0 radical (unpaired) electrons. The molecule has 2 atom stereocenters. The van der Waals surface area contributed by atoms with Gasteiger partial charge in [0.1, 0.15) is 0 Å². The van der Waals surface area contributed by atoms with Gasteiger partial charge < -0.3 is 0 Å². The highest BCUT2D eigenvalue weighted by atomic mass is 79.9. The van der Waals surface area contributed by atoms with Gasteiger partial charge in [-0.05, 0) is 13.3 Å². The van der Waals surface area contributed by atoms with Crippen LogP contribution in [-0.2, 0) is 10.0 Å². The van der Waals surface area contributed by atoms with Crippen molar-refractivity contribution < 1.29 is 8.42 Å².